The predicted octanol–water partition coefficient (Wildman–Crippen LogP) is 2.21. The van der Waals surface area contributed by atoms with E-state index in [-0.39, 0.29) is 24.7 Å². The minimum Gasteiger partial charge on any atom is -0.491 e. The molecule has 1 aromatic rings. The molecule has 1 aromatic carbocycles. The van der Waals surface area contributed by atoms with E-state index in [1.54, 1.807) is 6.07 Å². The van der Waals surface area contributed by atoms with Crippen molar-refractivity contribution in [2.75, 3.05) is 6.54 Å². The van der Waals surface area contributed by atoms with Crippen LogP contribution in [0.15, 0.2) is 24.3 Å². The van der Waals surface area contributed by atoms with Crippen molar-refractivity contribution in [2.45, 2.75) is 45.4 Å². The summed E-state index contributed by atoms with van der Waals surface area (Å²) in [4.78, 5) is 11.6. The van der Waals surface area contributed by atoms with Crippen LogP contribution in [0.5, 0.6) is 5.75 Å². The van der Waals surface area contributed by atoms with Crippen LogP contribution in [0.4, 0.5) is 4.79 Å². The van der Waals surface area contributed by atoms with Crippen molar-refractivity contribution in [3.8, 4) is 5.75 Å². The molecule has 3 atom stereocenters. The van der Waals surface area contributed by atoms with E-state index >= 15 is 0 Å². The average Bonchev–Trinajstić information content (AvgIpc) is 3.11. The van der Waals surface area contributed by atoms with Gasteiger partial charge in [0.25, 0.3) is 0 Å². The molecule has 2 amide bonds. The van der Waals surface area contributed by atoms with Gasteiger partial charge in [0.2, 0.25) is 0 Å². The Bertz CT molecular complexity index is 490. The maximum absolute atomic E-state index is 11.6. The Morgan fingerprint density at radius 2 is 2.19 bits per heavy atom. The van der Waals surface area contributed by atoms with Crippen LogP contribution in [0.25, 0.3) is 0 Å². The normalized spacial score (nSPS) is 21.8. The number of urea groups is 1. The number of carbonyl (C=O) groups excluding carboxylic acids is 1. The molecule has 5 nitrogen and oxygen atoms in total. The fourth-order valence-electron chi connectivity index (χ4n) is 2.12. The minimum absolute atomic E-state index is 0.0850. The lowest BCUT2D eigenvalue weighted by Gasteiger charge is -2.15. The highest BCUT2D eigenvalue weighted by Crippen LogP contribution is 2.28. The van der Waals surface area contributed by atoms with Gasteiger partial charge in [0.15, 0.2) is 0 Å². The first kappa shape index (κ1) is 15.6. The second-order valence-corrected chi connectivity index (χ2v) is 5.93. The monoisotopic (exact) mass is 292 g/mol. The van der Waals surface area contributed by atoms with Crippen LogP contribution in [0.1, 0.15) is 38.9 Å². The van der Waals surface area contributed by atoms with Crippen LogP contribution in [0.3, 0.4) is 0 Å². The van der Waals surface area contributed by atoms with Crippen molar-refractivity contribution in [3.63, 3.8) is 0 Å². The fraction of sp³-hybridized carbons (Fsp3) is 0.562. The number of hydrogen-bond donors (Lipinski definition) is 3. The molecule has 116 valence electrons. The van der Waals surface area contributed by atoms with Crippen molar-refractivity contribution < 1.29 is 14.6 Å². The fourth-order valence-corrected chi connectivity index (χ4v) is 2.12. The molecule has 5 heteroatoms. The first-order chi connectivity index (χ1) is 9.95. The zero-order valence-electron chi connectivity index (χ0n) is 12.8. The number of benzene rings is 1. The van der Waals surface area contributed by atoms with Gasteiger partial charge in [0.05, 0.1) is 12.2 Å². The number of aliphatic hydroxyl groups excluding tert-OH is 1. The third-order valence-corrected chi connectivity index (χ3v) is 3.50. The Balaban J connectivity index is 1.82. The number of rotatable bonds is 6. The van der Waals surface area contributed by atoms with Gasteiger partial charge >= 0.3 is 6.03 Å². The van der Waals surface area contributed by atoms with Gasteiger partial charge in [-0.05, 0) is 43.9 Å². The maximum Gasteiger partial charge on any atom is 0.315 e. The summed E-state index contributed by atoms with van der Waals surface area (Å²) in [5, 5.41) is 15.7. The summed E-state index contributed by atoms with van der Waals surface area (Å²) in [5.41, 5.74) is 0.730. The van der Waals surface area contributed by atoms with Crippen LogP contribution < -0.4 is 15.4 Å². The van der Waals surface area contributed by atoms with Gasteiger partial charge in [0.1, 0.15) is 5.75 Å². The molecular formula is C16H24N2O3. The van der Waals surface area contributed by atoms with Crippen molar-refractivity contribution in [3.05, 3.63) is 29.8 Å². The van der Waals surface area contributed by atoms with Crippen LogP contribution in [-0.2, 0) is 0 Å². The Hall–Kier alpha value is -1.75. The molecule has 3 unspecified atom stereocenters. The topological polar surface area (TPSA) is 70.6 Å². The van der Waals surface area contributed by atoms with Gasteiger partial charge in [-0.15, -0.1) is 0 Å². The quantitative estimate of drug-likeness (QED) is 0.753. The molecule has 0 heterocycles. The first-order valence-electron chi connectivity index (χ1n) is 7.44. The van der Waals surface area contributed by atoms with E-state index in [1.165, 1.54) is 0 Å². The third kappa shape index (κ3) is 4.93. The summed E-state index contributed by atoms with van der Waals surface area (Å²) in [6.45, 7) is 6.18. The molecular weight excluding hydrogens is 268 g/mol. The van der Waals surface area contributed by atoms with E-state index in [9.17, 15) is 9.90 Å². The highest BCUT2D eigenvalue weighted by Gasteiger charge is 2.33. The molecule has 0 aromatic heterocycles. The van der Waals surface area contributed by atoms with E-state index in [0.717, 1.165) is 17.7 Å². The lowest BCUT2D eigenvalue weighted by atomic mass is 10.1. The van der Waals surface area contributed by atoms with E-state index < -0.39 is 6.10 Å². The van der Waals surface area contributed by atoms with Gasteiger partial charge in [0, 0.05) is 12.6 Å². The summed E-state index contributed by atoms with van der Waals surface area (Å²) >= 11 is 0. The molecule has 2 rings (SSSR count). The van der Waals surface area contributed by atoms with Crippen molar-refractivity contribution in [1.29, 1.82) is 0 Å². The third-order valence-electron chi connectivity index (χ3n) is 3.50. The van der Waals surface area contributed by atoms with Crippen LogP contribution >= 0.6 is 0 Å². The number of ether oxygens (including phenoxy) is 1. The van der Waals surface area contributed by atoms with Gasteiger partial charge in [-0.2, -0.15) is 0 Å². The lowest BCUT2D eigenvalue weighted by Crippen LogP contribution is -2.39. The largest absolute Gasteiger partial charge is 0.491 e. The van der Waals surface area contributed by atoms with Crippen molar-refractivity contribution in [1.82, 2.24) is 10.6 Å². The van der Waals surface area contributed by atoms with Crippen molar-refractivity contribution >= 4 is 6.03 Å². The Labute approximate surface area is 125 Å². The molecule has 0 bridgehead atoms. The lowest BCUT2D eigenvalue weighted by molar-refractivity contribution is 0.172. The minimum atomic E-state index is -0.747. The molecule has 1 aliphatic rings. The van der Waals surface area contributed by atoms with Crippen LogP contribution in [0, 0.1) is 5.92 Å². The number of nitrogens with one attached hydrogen (secondary N) is 2. The van der Waals surface area contributed by atoms with Gasteiger partial charge < -0.3 is 20.5 Å². The number of carbonyl (C=O) groups is 1. The first-order valence-corrected chi connectivity index (χ1v) is 7.44. The highest BCUT2D eigenvalue weighted by molar-refractivity contribution is 5.74. The zero-order valence-corrected chi connectivity index (χ0v) is 12.8. The summed E-state index contributed by atoms with van der Waals surface area (Å²) < 4.78 is 5.59. The molecule has 1 saturated carbocycles. The van der Waals surface area contributed by atoms with Gasteiger partial charge in [-0.1, -0.05) is 19.1 Å². The smallest absolute Gasteiger partial charge is 0.315 e. The average molecular weight is 292 g/mol. The predicted molar refractivity (Wildman–Crippen MR) is 81.3 cm³/mol. The standard InChI is InChI=1S/C16H24N2O3/c1-10(2)21-13-6-4-5-12(8-13)15(19)9-17-16(20)18-14-7-11(14)3/h4-6,8,10-11,14-15,19H,7,9H2,1-3H3,(H2,17,18,20). The van der Waals surface area contributed by atoms with Crippen LogP contribution in [-0.4, -0.2) is 29.8 Å². The molecule has 0 spiro atoms. The van der Waals surface area contributed by atoms with Crippen molar-refractivity contribution in [2.24, 2.45) is 5.92 Å². The molecule has 0 aliphatic heterocycles. The van der Waals surface area contributed by atoms with E-state index in [4.69, 9.17) is 4.74 Å². The molecule has 0 saturated heterocycles. The Morgan fingerprint density at radius 1 is 1.48 bits per heavy atom. The maximum atomic E-state index is 11.6. The molecule has 3 N–H and O–H groups in total. The SMILES string of the molecule is CC(C)Oc1cccc(C(O)CNC(=O)NC2CC2C)c1. The summed E-state index contributed by atoms with van der Waals surface area (Å²) in [6, 6.07) is 7.36. The second-order valence-electron chi connectivity index (χ2n) is 5.93. The summed E-state index contributed by atoms with van der Waals surface area (Å²) in [6.07, 6.45) is 0.370. The zero-order chi connectivity index (χ0) is 15.4. The Morgan fingerprint density at radius 3 is 2.81 bits per heavy atom. The second kappa shape index (κ2) is 6.80. The highest BCUT2D eigenvalue weighted by atomic mass is 16.5. The Kier molecular flexibility index (Phi) is 5.07. The molecule has 21 heavy (non-hydrogen) atoms. The van der Waals surface area contributed by atoms with Gasteiger partial charge in [-0.3, -0.25) is 0 Å². The van der Waals surface area contributed by atoms with E-state index in [1.807, 2.05) is 32.0 Å². The van der Waals surface area contributed by atoms with E-state index in [0.29, 0.717) is 5.92 Å². The van der Waals surface area contributed by atoms with Crippen LogP contribution in [0.2, 0.25) is 0 Å². The van der Waals surface area contributed by atoms with E-state index in [2.05, 4.69) is 17.6 Å². The molecule has 1 fully saturated rings. The number of hydrogen-bond acceptors (Lipinski definition) is 3. The van der Waals surface area contributed by atoms with Gasteiger partial charge in [-0.25, -0.2) is 4.79 Å². The number of amides is 2. The molecule has 0 radical (unpaired) electrons. The molecule has 1 aliphatic carbocycles. The summed E-state index contributed by atoms with van der Waals surface area (Å²) in [7, 11) is 0. The number of aliphatic hydroxyl groups is 1. The summed E-state index contributed by atoms with van der Waals surface area (Å²) in [5.74, 6) is 1.28.